The molecule has 2 atom stereocenters. The number of hydrogen-bond donors (Lipinski definition) is 3. The fourth-order valence-corrected chi connectivity index (χ4v) is 3.79. The monoisotopic (exact) mass is 394 g/mol. The third kappa shape index (κ3) is 4.99. The van der Waals surface area contributed by atoms with Crippen LogP contribution in [0, 0.1) is 0 Å². The van der Waals surface area contributed by atoms with Crippen molar-refractivity contribution < 1.29 is 14.4 Å². The normalized spacial score (nSPS) is 21.5. The summed E-state index contributed by atoms with van der Waals surface area (Å²) in [4.78, 5) is 38.9. The summed E-state index contributed by atoms with van der Waals surface area (Å²) in [5.74, 6) is -0.704. The number of nitrogens with zero attached hydrogens (tertiary/aromatic N) is 1. The topological polar surface area (TPSA) is 105 Å². The van der Waals surface area contributed by atoms with Gasteiger partial charge in [0.15, 0.2) is 0 Å². The number of hydrogen-bond acceptors (Lipinski definition) is 4. The van der Waals surface area contributed by atoms with Gasteiger partial charge in [0.25, 0.3) is 0 Å². The van der Waals surface area contributed by atoms with Crippen LogP contribution in [0.25, 0.3) is 0 Å². The molecule has 0 spiro atoms. The quantitative estimate of drug-likeness (QED) is 0.701. The highest BCUT2D eigenvalue weighted by atomic mass is 35.5. The van der Waals surface area contributed by atoms with E-state index >= 15 is 0 Å². The third-order valence-electron chi connectivity index (χ3n) is 5.11. The lowest BCUT2D eigenvalue weighted by Gasteiger charge is -2.39. The van der Waals surface area contributed by atoms with E-state index in [1.165, 1.54) is 0 Å². The molecular formula is C19H27ClN4O3. The number of amides is 3. The number of nitrogens with two attached hydrogens (primary N) is 1. The van der Waals surface area contributed by atoms with Crippen molar-refractivity contribution in [3.05, 3.63) is 29.8 Å². The molecule has 0 bridgehead atoms. The number of rotatable bonds is 5. The number of fused-ring (bicyclic) bond motifs is 1. The summed E-state index contributed by atoms with van der Waals surface area (Å²) in [6.45, 7) is 1.41. The zero-order valence-corrected chi connectivity index (χ0v) is 16.1. The Kier molecular flexibility index (Phi) is 7.62. The predicted molar refractivity (Wildman–Crippen MR) is 106 cm³/mol. The van der Waals surface area contributed by atoms with Gasteiger partial charge < -0.3 is 21.3 Å². The van der Waals surface area contributed by atoms with Gasteiger partial charge in [0.1, 0.15) is 0 Å². The lowest BCUT2D eigenvalue weighted by atomic mass is 9.88. The predicted octanol–water partition coefficient (Wildman–Crippen LogP) is 1.38. The van der Waals surface area contributed by atoms with Crippen molar-refractivity contribution in [3.63, 3.8) is 0 Å². The molecule has 1 aromatic carbocycles. The van der Waals surface area contributed by atoms with E-state index in [0.29, 0.717) is 25.3 Å². The fourth-order valence-electron chi connectivity index (χ4n) is 3.79. The summed E-state index contributed by atoms with van der Waals surface area (Å²) in [6.07, 6.45) is 3.28. The van der Waals surface area contributed by atoms with Crippen molar-refractivity contribution in [3.8, 4) is 0 Å². The van der Waals surface area contributed by atoms with E-state index in [1.54, 1.807) is 0 Å². The van der Waals surface area contributed by atoms with Crippen LogP contribution in [0.15, 0.2) is 24.3 Å². The number of carbonyl (C=O) groups excluding carboxylic acids is 3. The van der Waals surface area contributed by atoms with Crippen LogP contribution in [0.2, 0.25) is 0 Å². The largest absolute Gasteiger partial charge is 0.354 e. The first kappa shape index (κ1) is 21.2. The molecule has 3 rings (SSSR count). The number of likely N-dealkylation sites (tertiary alicyclic amines) is 1. The van der Waals surface area contributed by atoms with Crippen molar-refractivity contribution >= 4 is 35.8 Å². The van der Waals surface area contributed by atoms with Gasteiger partial charge in [0.05, 0.1) is 5.92 Å². The van der Waals surface area contributed by atoms with Gasteiger partial charge >= 0.3 is 0 Å². The molecule has 2 unspecified atom stereocenters. The molecule has 8 heteroatoms. The van der Waals surface area contributed by atoms with E-state index < -0.39 is 5.92 Å². The Morgan fingerprint density at radius 2 is 2.04 bits per heavy atom. The summed E-state index contributed by atoms with van der Waals surface area (Å²) in [6, 6.07) is 7.43. The highest BCUT2D eigenvalue weighted by Crippen LogP contribution is 2.34. The van der Waals surface area contributed by atoms with Crippen LogP contribution in [-0.2, 0) is 14.4 Å². The summed E-state index contributed by atoms with van der Waals surface area (Å²) >= 11 is 0. The Morgan fingerprint density at radius 3 is 2.81 bits per heavy atom. The molecule has 2 heterocycles. The molecule has 3 amide bonds. The van der Waals surface area contributed by atoms with E-state index in [2.05, 4.69) is 10.6 Å². The molecule has 1 saturated heterocycles. The number of carbonyl (C=O) groups is 3. The van der Waals surface area contributed by atoms with Gasteiger partial charge in [0, 0.05) is 44.2 Å². The molecule has 2 aliphatic heterocycles. The molecular weight excluding hydrogens is 368 g/mol. The van der Waals surface area contributed by atoms with Gasteiger partial charge in [-0.3, -0.25) is 14.4 Å². The van der Waals surface area contributed by atoms with Crippen LogP contribution in [0.3, 0.4) is 0 Å². The van der Waals surface area contributed by atoms with Crippen molar-refractivity contribution in [2.75, 3.05) is 25.0 Å². The van der Waals surface area contributed by atoms with Crippen molar-refractivity contribution in [1.82, 2.24) is 10.2 Å². The number of nitrogens with one attached hydrogen (secondary N) is 2. The van der Waals surface area contributed by atoms with Crippen molar-refractivity contribution in [2.45, 2.75) is 44.1 Å². The SMILES string of the molecule is Cl.NCCC(=O)NCC1CCCCN1C(=O)C1CC(=O)Nc2ccccc21. The van der Waals surface area contributed by atoms with Crippen LogP contribution in [0.1, 0.15) is 43.6 Å². The maximum absolute atomic E-state index is 13.3. The molecule has 0 aliphatic carbocycles. The average molecular weight is 395 g/mol. The summed E-state index contributed by atoms with van der Waals surface area (Å²) in [7, 11) is 0. The molecule has 4 N–H and O–H groups in total. The second kappa shape index (κ2) is 9.71. The Hall–Kier alpha value is -2.12. The van der Waals surface area contributed by atoms with Gasteiger partial charge in [-0.2, -0.15) is 0 Å². The minimum atomic E-state index is -0.458. The van der Waals surface area contributed by atoms with Gasteiger partial charge in [-0.1, -0.05) is 18.2 Å². The summed E-state index contributed by atoms with van der Waals surface area (Å²) in [5.41, 5.74) is 6.99. The number of anilines is 1. The van der Waals surface area contributed by atoms with Gasteiger partial charge in [0.2, 0.25) is 17.7 Å². The molecule has 7 nitrogen and oxygen atoms in total. The number of para-hydroxylation sites is 1. The standard InChI is InChI=1S/C19H26N4O3.ClH/c20-9-8-17(24)21-12-13-5-3-4-10-23(13)19(26)15-11-18(25)22-16-7-2-1-6-14(15)16;/h1-2,6-7,13,15H,3-5,8-12,20H2,(H,21,24)(H,22,25);1H. The highest BCUT2D eigenvalue weighted by molar-refractivity contribution is 6.01. The summed E-state index contributed by atoms with van der Waals surface area (Å²) < 4.78 is 0. The number of halogens is 1. The van der Waals surface area contributed by atoms with E-state index in [-0.39, 0.29) is 49.0 Å². The minimum Gasteiger partial charge on any atom is -0.354 e. The van der Waals surface area contributed by atoms with Crippen LogP contribution >= 0.6 is 12.4 Å². The molecule has 1 fully saturated rings. The average Bonchev–Trinajstić information content (AvgIpc) is 2.65. The Balaban J connectivity index is 0.00000261. The molecule has 0 radical (unpaired) electrons. The second-order valence-corrected chi connectivity index (χ2v) is 6.92. The lowest BCUT2D eigenvalue weighted by Crippen LogP contribution is -2.51. The van der Waals surface area contributed by atoms with E-state index in [9.17, 15) is 14.4 Å². The third-order valence-corrected chi connectivity index (χ3v) is 5.11. The maximum Gasteiger partial charge on any atom is 0.231 e. The zero-order chi connectivity index (χ0) is 18.5. The first-order valence-electron chi connectivity index (χ1n) is 9.26. The van der Waals surface area contributed by atoms with Crippen molar-refractivity contribution in [2.24, 2.45) is 5.73 Å². The molecule has 1 aromatic rings. The molecule has 2 aliphatic rings. The maximum atomic E-state index is 13.3. The van der Waals surface area contributed by atoms with E-state index in [4.69, 9.17) is 5.73 Å². The lowest BCUT2D eigenvalue weighted by molar-refractivity contribution is -0.138. The van der Waals surface area contributed by atoms with Crippen LogP contribution in [0.4, 0.5) is 5.69 Å². The van der Waals surface area contributed by atoms with Crippen LogP contribution in [0.5, 0.6) is 0 Å². The molecule has 0 saturated carbocycles. The Morgan fingerprint density at radius 1 is 1.26 bits per heavy atom. The molecule has 148 valence electrons. The first-order valence-corrected chi connectivity index (χ1v) is 9.26. The van der Waals surface area contributed by atoms with Crippen LogP contribution < -0.4 is 16.4 Å². The second-order valence-electron chi connectivity index (χ2n) is 6.92. The van der Waals surface area contributed by atoms with E-state index in [0.717, 1.165) is 24.8 Å². The first-order chi connectivity index (χ1) is 12.6. The van der Waals surface area contributed by atoms with E-state index in [1.807, 2.05) is 29.2 Å². The molecule has 27 heavy (non-hydrogen) atoms. The fraction of sp³-hybridized carbons (Fsp3) is 0.526. The highest BCUT2D eigenvalue weighted by Gasteiger charge is 2.36. The molecule has 0 aromatic heterocycles. The van der Waals surface area contributed by atoms with Gasteiger partial charge in [-0.05, 0) is 30.9 Å². The zero-order valence-electron chi connectivity index (χ0n) is 15.3. The summed E-state index contributed by atoms with van der Waals surface area (Å²) in [5, 5.41) is 5.71. The smallest absolute Gasteiger partial charge is 0.231 e. The van der Waals surface area contributed by atoms with Crippen molar-refractivity contribution in [1.29, 1.82) is 0 Å². The number of piperidine rings is 1. The van der Waals surface area contributed by atoms with Gasteiger partial charge in [-0.25, -0.2) is 0 Å². The van der Waals surface area contributed by atoms with Gasteiger partial charge in [-0.15, -0.1) is 12.4 Å². The Labute approximate surface area is 165 Å². The minimum absolute atomic E-state index is 0. The number of benzene rings is 1. The Bertz CT molecular complexity index is 697. The van der Waals surface area contributed by atoms with Crippen LogP contribution in [-0.4, -0.2) is 48.3 Å².